The number of halogens is 3. The minimum Gasteiger partial charge on any atom is -0.369 e. The summed E-state index contributed by atoms with van der Waals surface area (Å²) in [5, 5.41) is 0. The molecule has 1 aliphatic heterocycles. The number of carbonyl (C=O) groups excluding carboxylic acids is 1. The van der Waals surface area contributed by atoms with Crippen LogP contribution in [0, 0.1) is 5.92 Å². The highest BCUT2D eigenvalue weighted by atomic mass is 32.2. The molecule has 0 aliphatic carbocycles. The summed E-state index contributed by atoms with van der Waals surface area (Å²) in [5.74, 6) is -1.07. The Labute approximate surface area is 187 Å². The largest absolute Gasteiger partial charge is 0.417 e. The maximum atomic E-state index is 13.4. The molecule has 1 unspecified atom stereocenters. The number of amides is 1. The average molecular weight is 479 g/mol. The van der Waals surface area contributed by atoms with Crippen molar-refractivity contribution in [2.45, 2.75) is 23.9 Å². The molecule has 0 bridgehead atoms. The summed E-state index contributed by atoms with van der Waals surface area (Å²) in [4.78, 5) is 21.3. The number of anilines is 2. The van der Waals surface area contributed by atoms with Gasteiger partial charge in [0.2, 0.25) is 5.91 Å². The van der Waals surface area contributed by atoms with Gasteiger partial charge in [0.25, 0.3) is 10.0 Å². The zero-order chi connectivity index (χ0) is 23.8. The third kappa shape index (κ3) is 4.70. The van der Waals surface area contributed by atoms with Gasteiger partial charge in [-0.15, -0.1) is 0 Å². The molecule has 0 saturated carbocycles. The number of nitrogens with two attached hydrogens (primary N) is 1. The van der Waals surface area contributed by atoms with E-state index in [1.165, 1.54) is 6.07 Å². The predicted molar refractivity (Wildman–Crippen MR) is 116 cm³/mol. The van der Waals surface area contributed by atoms with E-state index in [0.717, 1.165) is 12.1 Å². The van der Waals surface area contributed by atoms with Gasteiger partial charge in [-0.3, -0.25) is 9.52 Å². The Kier molecular flexibility index (Phi) is 5.87. The Morgan fingerprint density at radius 1 is 1.06 bits per heavy atom. The minimum atomic E-state index is -4.87. The van der Waals surface area contributed by atoms with Crippen molar-refractivity contribution in [2.75, 3.05) is 22.7 Å². The van der Waals surface area contributed by atoms with Crippen molar-refractivity contribution in [3.63, 3.8) is 0 Å². The van der Waals surface area contributed by atoms with Crippen LogP contribution in [-0.4, -0.2) is 37.4 Å². The van der Waals surface area contributed by atoms with Crippen molar-refractivity contribution in [1.29, 1.82) is 0 Å². The minimum absolute atomic E-state index is 0.118. The topological polar surface area (TPSA) is 118 Å². The van der Waals surface area contributed by atoms with Crippen molar-refractivity contribution in [3.05, 3.63) is 54.1 Å². The molecule has 1 aliphatic rings. The van der Waals surface area contributed by atoms with E-state index in [1.807, 2.05) is 0 Å². The SMILES string of the molecule is NC(=O)C1CCCN(c2nc3ccccc3nc2NS(=O)(=O)c2ccccc2C(F)(F)F)C1. The number of alkyl halides is 3. The number of rotatable bonds is 5. The summed E-state index contributed by atoms with van der Waals surface area (Å²) in [7, 11) is -4.68. The fourth-order valence-corrected chi connectivity index (χ4v) is 5.03. The summed E-state index contributed by atoms with van der Waals surface area (Å²) >= 11 is 0. The summed E-state index contributed by atoms with van der Waals surface area (Å²) in [6.45, 7) is 0.640. The molecule has 8 nitrogen and oxygen atoms in total. The van der Waals surface area contributed by atoms with Crippen LogP contribution in [0.2, 0.25) is 0 Å². The lowest BCUT2D eigenvalue weighted by Crippen LogP contribution is -2.42. The highest BCUT2D eigenvalue weighted by Crippen LogP contribution is 2.36. The number of fused-ring (bicyclic) bond motifs is 1. The highest BCUT2D eigenvalue weighted by molar-refractivity contribution is 7.92. The van der Waals surface area contributed by atoms with Crippen molar-refractivity contribution in [2.24, 2.45) is 11.7 Å². The van der Waals surface area contributed by atoms with Gasteiger partial charge in [-0.1, -0.05) is 24.3 Å². The Morgan fingerprint density at radius 2 is 1.70 bits per heavy atom. The Hall–Kier alpha value is -3.41. The van der Waals surface area contributed by atoms with Crippen LogP contribution in [0.25, 0.3) is 11.0 Å². The van der Waals surface area contributed by atoms with Gasteiger partial charge in [0, 0.05) is 13.1 Å². The lowest BCUT2D eigenvalue weighted by Gasteiger charge is -2.33. The number of hydrogen-bond donors (Lipinski definition) is 2. The quantitative estimate of drug-likeness (QED) is 0.581. The smallest absolute Gasteiger partial charge is 0.369 e. The number of nitrogens with one attached hydrogen (secondary N) is 1. The second kappa shape index (κ2) is 8.50. The first kappa shape index (κ1) is 22.8. The molecule has 174 valence electrons. The number of primary amides is 1. The number of para-hydroxylation sites is 2. The third-order valence-corrected chi connectivity index (χ3v) is 6.79. The van der Waals surface area contributed by atoms with Crippen LogP contribution >= 0.6 is 0 Å². The van der Waals surface area contributed by atoms with E-state index >= 15 is 0 Å². The summed E-state index contributed by atoms with van der Waals surface area (Å²) in [6, 6.07) is 10.6. The lowest BCUT2D eigenvalue weighted by molar-refractivity contribution is -0.139. The average Bonchev–Trinajstić information content (AvgIpc) is 2.78. The molecule has 12 heteroatoms. The fourth-order valence-electron chi connectivity index (χ4n) is 3.80. The fraction of sp³-hybridized carbons (Fsp3) is 0.286. The molecule has 33 heavy (non-hydrogen) atoms. The van der Waals surface area contributed by atoms with Crippen LogP contribution in [0.4, 0.5) is 24.8 Å². The first-order valence-corrected chi connectivity index (χ1v) is 11.5. The van der Waals surface area contributed by atoms with Gasteiger partial charge in [-0.25, -0.2) is 18.4 Å². The van der Waals surface area contributed by atoms with Gasteiger partial charge in [0.1, 0.15) is 0 Å². The number of piperidine rings is 1. The van der Waals surface area contributed by atoms with Crippen LogP contribution in [0.3, 0.4) is 0 Å². The van der Waals surface area contributed by atoms with E-state index in [2.05, 4.69) is 14.7 Å². The molecule has 1 fully saturated rings. The highest BCUT2D eigenvalue weighted by Gasteiger charge is 2.37. The number of nitrogens with zero attached hydrogens (tertiary/aromatic N) is 3. The van der Waals surface area contributed by atoms with Crippen molar-refractivity contribution < 1.29 is 26.4 Å². The number of hydrogen-bond acceptors (Lipinski definition) is 6. The molecule has 1 atom stereocenters. The molecule has 1 aromatic heterocycles. The zero-order valence-corrected chi connectivity index (χ0v) is 18.0. The Bertz CT molecular complexity index is 1310. The Morgan fingerprint density at radius 3 is 2.36 bits per heavy atom. The van der Waals surface area contributed by atoms with E-state index in [9.17, 15) is 26.4 Å². The lowest BCUT2D eigenvalue weighted by atomic mass is 9.97. The van der Waals surface area contributed by atoms with Gasteiger partial charge < -0.3 is 10.6 Å². The van der Waals surface area contributed by atoms with Crippen LogP contribution in [-0.2, 0) is 21.0 Å². The summed E-state index contributed by atoms with van der Waals surface area (Å²) in [6.07, 6.45) is -3.69. The monoisotopic (exact) mass is 479 g/mol. The normalized spacial score (nSPS) is 17.2. The van der Waals surface area contributed by atoms with Gasteiger partial charge in [0.05, 0.1) is 27.4 Å². The maximum Gasteiger partial charge on any atom is 0.417 e. The second-order valence-corrected chi connectivity index (χ2v) is 9.32. The van der Waals surface area contributed by atoms with Crippen LogP contribution < -0.4 is 15.4 Å². The molecule has 3 aromatic rings. The van der Waals surface area contributed by atoms with Gasteiger partial charge in [0.15, 0.2) is 11.6 Å². The van der Waals surface area contributed by atoms with E-state index in [-0.39, 0.29) is 18.2 Å². The predicted octanol–water partition coefficient (Wildman–Crippen LogP) is 3.15. The number of sulfonamides is 1. The molecule has 4 rings (SSSR count). The molecule has 1 amide bonds. The molecule has 0 radical (unpaired) electrons. The molecule has 2 heterocycles. The van der Waals surface area contributed by atoms with Gasteiger partial charge in [-0.05, 0) is 37.1 Å². The van der Waals surface area contributed by atoms with Gasteiger partial charge in [-0.2, -0.15) is 13.2 Å². The van der Waals surface area contributed by atoms with Crippen LogP contribution in [0.5, 0.6) is 0 Å². The standard InChI is InChI=1S/C21H20F3N5O3S/c22-21(23,24)14-7-1-4-10-17(14)33(31,32)28-19-20(27-16-9-3-2-8-15(16)26-19)29-11-5-6-13(12-29)18(25)30/h1-4,7-10,13H,5-6,11-12H2,(H2,25,30)(H,26,28). The molecule has 0 spiro atoms. The number of aromatic nitrogens is 2. The van der Waals surface area contributed by atoms with Crippen LogP contribution in [0.15, 0.2) is 53.4 Å². The summed E-state index contributed by atoms with van der Waals surface area (Å²) < 4.78 is 68.6. The van der Waals surface area contributed by atoms with E-state index < -0.39 is 38.5 Å². The van der Waals surface area contributed by atoms with Crippen molar-refractivity contribution >= 4 is 38.6 Å². The van der Waals surface area contributed by atoms with E-state index in [4.69, 9.17) is 5.73 Å². The first-order valence-electron chi connectivity index (χ1n) is 10.1. The number of benzene rings is 2. The van der Waals surface area contributed by atoms with Crippen molar-refractivity contribution in [1.82, 2.24) is 9.97 Å². The summed E-state index contributed by atoms with van der Waals surface area (Å²) in [5.41, 5.74) is 4.98. The van der Waals surface area contributed by atoms with E-state index in [1.54, 1.807) is 29.2 Å². The maximum absolute atomic E-state index is 13.4. The van der Waals surface area contributed by atoms with Crippen LogP contribution in [0.1, 0.15) is 18.4 Å². The molecule has 2 aromatic carbocycles. The first-order chi connectivity index (χ1) is 15.6. The zero-order valence-electron chi connectivity index (χ0n) is 17.2. The number of carbonyl (C=O) groups is 1. The molecule has 1 saturated heterocycles. The van der Waals surface area contributed by atoms with Gasteiger partial charge >= 0.3 is 6.18 Å². The second-order valence-electron chi connectivity index (χ2n) is 7.67. The molecular formula is C21H20F3N5O3S. The molecule has 3 N–H and O–H groups in total. The van der Waals surface area contributed by atoms with Crippen molar-refractivity contribution in [3.8, 4) is 0 Å². The Balaban J connectivity index is 1.81. The van der Waals surface area contributed by atoms with E-state index in [0.29, 0.717) is 36.5 Å². The molecular weight excluding hydrogens is 459 g/mol. The third-order valence-electron chi connectivity index (χ3n) is 5.39.